The zero-order valence-electron chi connectivity index (χ0n) is 9.69. The third-order valence-electron chi connectivity index (χ3n) is 2.46. The van der Waals surface area contributed by atoms with Gasteiger partial charge in [-0.15, -0.1) is 0 Å². The van der Waals surface area contributed by atoms with Crippen molar-refractivity contribution in [2.45, 2.75) is 13.0 Å². The average Bonchev–Trinajstić information content (AvgIpc) is 2.28. The van der Waals surface area contributed by atoms with Gasteiger partial charge in [0, 0.05) is 0 Å². The Morgan fingerprint density at radius 3 is 2.62 bits per heavy atom. The first-order valence-corrected chi connectivity index (χ1v) is 5.02. The normalized spacial score (nSPS) is 11.9. The Balaban J connectivity index is 2.82. The molecule has 0 bridgehead atoms. The molecule has 0 aliphatic rings. The van der Waals surface area contributed by atoms with Crippen LogP contribution >= 0.6 is 0 Å². The number of likely N-dealkylation sites (N-methyl/N-ethyl adjacent to an activating group) is 1. The molecule has 0 saturated carbocycles. The predicted molar refractivity (Wildman–Crippen MR) is 62.9 cm³/mol. The first kappa shape index (κ1) is 12.2. The highest BCUT2D eigenvalue weighted by Crippen LogP contribution is 2.14. The smallest absolute Gasteiger partial charge is 0.241 e. The number of nitriles is 1. The lowest BCUT2D eigenvalue weighted by Gasteiger charge is -2.19. The van der Waals surface area contributed by atoms with Crippen molar-refractivity contribution in [1.82, 2.24) is 4.90 Å². The molecule has 0 aliphatic carbocycles. The van der Waals surface area contributed by atoms with Gasteiger partial charge in [-0.25, -0.2) is 0 Å². The second-order valence-corrected chi connectivity index (χ2v) is 3.79. The van der Waals surface area contributed by atoms with Crippen LogP contribution in [0.1, 0.15) is 12.5 Å². The summed E-state index contributed by atoms with van der Waals surface area (Å²) >= 11 is 0. The van der Waals surface area contributed by atoms with Gasteiger partial charge in [-0.3, -0.25) is 9.69 Å². The highest BCUT2D eigenvalue weighted by Gasteiger charge is 2.15. The Hall–Kier alpha value is -1.86. The molecular weight excluding hydrogens is 202 g/mol. The van der Waals surface area contributed by atoms with Crippen molar-refractivity contribution in [2.75, 3.05) is 19.4 Å². The maximum absolute atomic E-state index is 11.8. The number of para-hydroxylation sites is 1. The lowest BCUT2D eigenvalue weighted by atomic mass is 10.2. The summed E-state index contributed by atoms with van der Waals surface area (Å²) in [4.78, 5) is 13.6. The molecule has 4 heteroatoms. The van der Waals surface area contributed by atoms with E-state index in [2.05, 4.69) is 5.32 Å². The van der Waals surface area contributed by atoms with E-state index in [1.54, 1.807) is 24.3 Å². The first-order chi connectivity index (χ1) is 7.56. The maximum Gasteiger partial charge on any atom is 0.241 e. The van der Waals surface area contributed by atoms with Crippen molar-refractivity contribution in [3.8, 4) is 6.07 Å². The molecule has 1 N–H and O–H groups in total. The van der Waals surface area contributed by atoms with Gasteiger partial charge in [0.15, 0.2) is 0 Å². The van der Waals surface area contributed by atoms with E-state index in [1.807, 2.05) is 32.0 Å². The zero-order valence-corrected chi connectivity index (χ0v) is 9.69. The fourth-order valence-corrected chi connectivity index (χ4v) is 1.16. The third kappa shape index (κ3) is 2.81. The number of nitrogens with one attached hydrogen (secondary N) is 1. The Kier molecular flexibility index (Phi) is 4.03. The minimum atomic E-state index is -0.230. The average molecular weight is 217 g/mol. The third-order valence-corrected chi connectivity index (χ3v) is 2.46. The molecule has 0 spiro atoms. The largest absolute Gasteiger partial charge is 0.324 e. The van der Waals surface area contributed by atoms with E-state index in [0.29, 0.717) is 11.3 Å². The summed E-state index contributed by atoms with van der Waals surface area (Å²) in [6, 6.07) is 8.76. The van der Waals surface area contributed by atoms with Crippen molar-refractivity contribution < 1.29 is 4.79 Å². The van der Waals surface area contributed by atoms with Crippen molar-refractivity contribution >= 4 is 11.6 Å². The number of anilines is 1. The molecule has 1 aromatic carbocycles. The Bertz CT molecular complexity index is 421. The highest BCUT2D eigenvalue weighted by molar-refractivity contribution is 5.95. The first-order valence-electron chi connectivity index (χ1n) is 5.02. The minimum Gasteiger partial charge on any atom is -0.324 e. The summed E-state index contributed by atoms with van der Waals surface area (Å²) in [5.74, 6) is -0.118. The van der Waals surface area contributed by atoms with E-state index in [-0.39, 0.29) is 11.9 Å². The lowest BCUT2D eigenvalue weighted by molar-refractivity contribution is -0.119. The number of benzene rings is 1. The van der Waals surface area contributed by atoms with Gasteiger partial charge in [-0.1, -0.05) is 12.1 Å². The number of nitrogens with zero attached hydrogens (tertiary/aromatic N) is 2. The Morgan fingerprint density at radius 2 is 2.06 bits per heavy atom. The summed E-state index contributed by atoms with van der Waals surface area (Å²) < 4.78 is 0. The van der Waals surface area contributed by atoms with Crippen LogP contribution in [-0.4, -0.2) is 30.9 Å². The minimum absolute atomic E-state index is 0.118. The van der Waals surface area contributed by atoms with Crippen LogP contribution in [0.2, 0.25) is 0 Å². The zero-order chi connectivity index (χ0) is 12.1. The fraction of sp³-hybridized carbons (Fsp3) is 0.333. The van der Waals surface area contributed by atoms with Gasteiger partial charge < -0.3 is 5.32 Å². The molecule has 16 heavy (non-hydrogen) atoms. The van der Waals surface area contributed by atoms with Crippen LogP contribution in [0.25, 0.3) is 0 Å². The summed E-state index contributed by atoms with van der Waals surface area (Å²) in [5, 5.41) is 11.6. The maximum atomic E-state index is 11.8. The second kappa shape index (κ2) is 5.29. The molecular formula is C12H15N3O. The topological polar surface area (TPSA) is 56.1 Å². The molecule has 1 aromatic rings. The van der Waals surface area contributed by atoms with E-state index in [4.69, 9.17) is 5.26 Å². The van der Waals surface area contributed by atoms with Crippen LogP contribution in [0, 0.1) is 11.3 Å². The van der Waals surface area contributed by atoms with E-state index in [9.17, 15) is 4.79 Å². The fourth-order valence-electron chi connectivity index (χ4n) is 1.16. The summed E-state index contributed by atoms with van der Waals surface area (Å²) in [5.41, 5.74) is 1.03. The molecule has 0 radical (unpaired) electrons. The molecule has 0 fully saturated rings. The van der Waals surface area contributed by atoms with Crippen LogP contribution in [0.4, 0.5) is 5.69 Å². The molecule has 0 saturated heterocycles. The molecule has 1 unspecified atom stereocenters. The monoisotopic (exact) mass is 217 g/mol. The molecule has 84 valence electrons. The SMILES string of the molecule is CC(C(=O)Nc1ccccc1C#N)N(C)C. The van der Waals surface area contributed by atoms with Gasteiger partial charge >= 0.3 is 0 Å². The van der Waals surface area contributed by atoms with Gasteiger partial charge in [0.25, 0.3) is 0 Å². The summed E-state index contributed by atoms with van der Waals surface area (Å²) in [7, 11) is 3.67. The van der Waals surface area contributed by atoms with E-state index >= 15 is 0 Å². The Morgan fingerprint density at radius 1 is 1.44 bits per heavy atom. The number of rotatable bonds is 3. The van der Waals surface area contributed by atoms with Gasteiger partial charge in [0.05, 0.1) is 17.3 Å². The standard InChI is InChI=1S/C12H15N3O/c1-9(15(2)3)12(16)14-11-7-5-4-6-10(11)8-13/h4-7,9H,1-3H3,(H,14,16). The summed E-state index contributed by atoms with van der Waals surface area (Å²) in [6.07, 6.45) is 0. The number of hydrogen-bond acceptors (Lipinski definition) is 3. The van der Waals surface area contributed by atoms with Crippen LogP contribution < -0.4 is 5.32 Å². The van der Waals surface area contributed by atoms with E-state index in [0.717, 1.165) is 0 Å². The van der Waals surface area contributed by atoms with Crippen molar-refractivity contribution in [3.05, 3.63) is 29.8 Å². The van der Waals surface area contributed by atoms with Gasteiger partial charge in [0.2, 0.25) is 5.91 Å². The lowest BCUT2D eigenvalue weighted by Crippen LogP contribution is -2.37. The number of hydrogen-bond donors (Lipinski definition) is 1. The van der Waals surface area contributed by atoms with Crippen molar-refractivity contribution in [1.29, 1.82) is 5.26 Å². The Labute approximate surface area is 95.5 Å². The molecule has 0 heterocycles. The molecule has 1 atom stereocenters. The molecule has 1 amide bonds. The molecule has 0 aliphatic heterocycles. The number of carbonyl (C=O) groups excluding carboxylic acids is 1. The molecule has 1 rings (SSSR count). The second-order valence-electron chi connectivity index (χ2n) is 3.79. The van der Waals surface area contributed by atoms with Crippen LogP contribution in [-0.2, 0) is 4.79 Å². The molecule has 4 nitrogen and oxygen atoms in total. The van der Waals surface area contributed by atoms with Crippen LogP contribution in [0.3, 0.4) is 0 Å². The van der Waals surface area contributed by atoms with E-state index in [1.165, 1.54) is 0 Å². The highest BCUT2D eigenvalue weighted by atomic mass is 16.2. The number of amides is 1. The predicted octanol–water partition coefficient (Wildman–Crippen LogP) is 1.45. The van der Waals surface area contributed by atoms with Crippen molar-refractivity contribution in [3.63, 3.8) is 0 Å². The van der Waals surface area contributed by atoms with Gasteiger partial charge in [0.1, 0.15) is 6.07 Å². The van der Waals surface area contributed by atoms with Crippen LogP contribution in [0.5, 0.6) is 0 Å². The number of carbonyl (C=O) groups is 1. The van der Waals surface area contributed by atoms with Crippen LogP contribution in [0.15, 0.2) is 24.3 Å². The summed E-state index contributed by atoms with van der Waals surface area (Å²) in [6.45, 7) is 1.81. The van der Waals surface area contributed by atoms with E-state index < -0.39 is 0 Å². The van der Waals surface area contributed by atoms with Crippen molar-refractivity contribution in [2.24, 2.45) is 0 Å². The quantitative estimate of drug-likeness (QED) is 0.833. The van der Waals surface area contributed by atoms with Gasteiger partial charge in [-0.05, 0) is 33.2 Å². The van der Waals surface area contributed by atoms with Gasteiger partial charge in [-0.2, -0.15) is 5.26 Å². The molecule has 0 aromatic heterocycles.